The molecule has 0 rings (SSSR count). The molecule has 0 aliphatic rings. The summed E-state index contributed by atoms with van der Waals surface area (Å²) in [7, 11) is -2.91. The number of guanidine groups is 1. The van der Waals surface area contributed by atoms with Gasteiger partial charge in [0.05, 0.1) is 5.75 Å². The number of aliphatic imine (C=N–C) groups is 1. The Morgan fingerprint density at radius 2 is 2.07 bits per heavy atom. The fourth-order valence-corrected chi connectivity index (χ4v) is 2.14. The van der Waals surface area contributed by atoms with Crippen LogP contribution < -0.4 is 11.5 Å². The normalized spacial score (nSPS) is 10.9. The molecule has 0 fully saturated rings. The van der Waals surface area contributed by atoms with Gasteiger partial charge in [-0.2, -0.15) is 4.99 Å². The van der Waals surface area contributed by atoms with E-state index in [9.17, 15) is 8.42 Å². The number of sulfone groups is 1. The summed E-state index contributed by atoms with van der Waals surface area (Å²) in [6.45, 7) is 0. The molecule has 0 spiro atoms. The predicted octanol–water partition coefficient (Wildman–Crippen LogP) is -0.638. The molecule has 82 valence electrons. The van der Waals surface area contributed by atoms with Crippen molar-refractivity contribution >= 4 is 32.7 Å². The van der Waals surface area contributed by atoms with E-state index in [1.54, 1.807) is 0 Å². The molecular weight excluding hydrogens is 224 g/mol. The highest BCUT2D eigenvalue weighted by atomic mass is 32.2. The van der Waals surface area contributed by atoms with E-state index in [-0.39, 0.29) is 16.9 Å². The van der Waals surface area contributed by atoms with E-state index in [0.29, 0.717) is 12.2 Å². The quantitative estimate of drug-likeness (QED) is 0.341. The third-order valence-electron chi connectivity index (χ3n) is 1.13. The Labute approximate surface area is 87.6 Å². The molecule has 6 nitrogen and oxygen atoms in total. The number of amidine groups is 1. The SMILES string of the molecule is CS(=O)(=O)CCCSC(=N)N=C(N)N. The molecule has 0 aliphatic carbocycles. The van der Waals surface area contributed by atoms with E-state index in [4.69, 9.17) is 16.9 Å². The Morgan fingerprint density at radius 1 is 1.50 bits per heavy atom. The van der Waals surface area contributed by atoms with E-state index in [1.165, 1.54) is 6.26 Å². The van der Waals surface area contributed by atoms with Crippen molar-refractivity contribution in [2.24, 2.45) is 16.5 Å². The number of nitrogens with zero attached hydrogens (tertiary/aromatic N) is 1. The first kappa shape index (κ1) is 13.2. The van der Waals surface area contributed by atoms with Crippen LogP contribution in [0.25, 0.3) is 0 Å². The third-order valence-corrected chi connectivity index (χ3v) is 3.02. The van der Waals surface area contributed by atoms with Crippen LogP contribution in [-0.2, 0) is 9.84 Å². The number of nitrogens with one attached hydrogen (secondary N) is 1. The fourth-order valence-electron chi connectivity index (χ4n) is 0.639. The Kier molecular flexibility index (Phi) is 5.55. The van der Waals surface area contributed by atoms with Gasteiger partial charge in [0.1, 0.15) is 9.84 Å². The smallest absolute Gasteiger partial charge is 0.193 e. The number of nitrogens with two attached hydrogens (primary N) is 2. The molecule has 0 bridgehead atoms. The average Bonchev–Trinajstić information content (AvgIpc) is 1.95. The molecule has 0 aromatic heterocycles. The molecule has 0 unspecified atom stereocenters. The van der Waals surface area contributed by atoms with Crippen LogP contribution in [0.4, 0.5) is 0 Å². The summed E-state index contributed by atoms with van der Waals surface area (Å²) in [5, 5.41) is 7.22. The van der Waals surface area contributed by atoms with Gasteiger partial charge in [-0.3, -0.25) is 5.41 Å². The van der Waals surface area contributed by atoms with E-state index >= 15 is 0 Å². The van der Waals surface area contributed by atoms with Crippen molar-refractivity contribution < 1.29 is 8.42 Å². The van der Waals surface area contributed by atoms with E-state index in [2.05, 4.69) is 4.99 Å². The van der Waals surface area contributed by atoms with Gasteiger partial charge in [-0.1, -0.05) is 11.8 Å². The number of hydrogen-bond acceptors (Lipinski definition) is 4. The summed E-state index contributed by atoms with van der Waals surface area (Å²) < 4.78 is 21.4. The molecule has 8 heteroatoms. The third kappa shape index (κ3) is 9.33. The average molecular weight is 238 g/mol. The zero-order valence-electron chi connectivity index (χ0n) is 7.86. The second-order valence-corrected chi connectivity index (χ2v) is 6.02. The van der Waals surface area contributed by atoms with Crippen LogP contribution >= 0.6 is 11.8 Å². The Hall–Kier alpha value is -0.760. The first-order valence-corrected chi connectivity index (χ1v) is 6.84. The minimum Gasteiger partial charge on any atom is -0.370 e. The van der Waals surface area contributed by atoms with Crippen molar-refractivity contribution in [2.45, 2.75) is 6.42 Å². The summed E-state index contributed by atoms with van der Waals surface area (Å²) >= 11 is 1.12. The molecule has 5 N–H and O–H groups in total. The first-order valence-electron chi connectivity index (χ1n) is 3.80. The maximum Gasteiger partial charge on any atom is 0.193 e. The summed E-state index contributed by atoms with van der Waals surface area (Å²) in [5.41, 5.74) is 10.1. The van der Waals surface area contributed by atoms with Gasteiger partial charge in [0.25, 0.3) is 0 Å². The van der Waals surface area contributed by atoms with Gasteiger partial charge in [0.15, 0.2) is 11.1 Å². The summed E-state index contributed by atoms with van der Waals surface area (Å²) in [6.07, 6.45) is 1.67. The fraction of sp³-hybridized carbons (Fsp3) is 0.667. The van der Waals surface area contributed by atoms with Gasteiger partial charge in [0.2, 0.25) is 0 Å². The van der Waals surface area contributed by atoms with Gasteiger partial charge in [-0.15, -0.1) is 0 Å². The standard InChI is InChI=1S/C6H14N4O2S2/c1-14(11,12)4-2-3-13-6(9)10-5(7)8/h2-4H2,1H3,(H5,7,8,9,10). The molecular formula is C6H14N4O2S2. The second kappa shape index (κ2) is 5.86. The van der Waals surface area contributed by atoms with Crippen LogP contribution in [0.3, 0.4) is 0 Å². The monoisotopic (exact) mass is 238 g/mol. The van der Waals surface area contributed by atoms with Crippen molar-refractivity contribution in [3.05, 3.63) is 0 Å². The molecule has 0 aliphatic heterocycles. The molecule has 0 aromatic rings. The van der Waals surface area contributed by atoms with Gasteiger partial charge in [-0.05, 0) is 6.42 Å². The lowest BCUT2D eigenvalue weighted by molar-refractivity contribution is 0.600. The zero-order chi connectivity index (χ0) is 11.2. The second-order valence-electron chi connectivity index (χ2n) is 2.67. The summed E-state index contributed by atoms with van der Waals surface area (Å²) in [5.74, 6) is 0.475. The largest absolute Gasteiger partial charge is 0.370 e. The Balaban J connectivity index is 3.67. The minimum atomic E-state index is -2.91. The number of rotatable bonds is 4. The van der Waals surface area contributed by atoms with E-state index in [0.717, 1.165) is 11.8 Å². The van der Waals surface area contributed by atoms with Crippen LogP contribution in [0, 0.1) is 5.41 Å². The van der Waals surface area contributed by atoms with E-state index < -0.39 is 9.84 Å². The molecule has 0 amide bonds. The molecule has 0 saturated carbocycles. The van der Waals surface area contributed by atoms with Gasteiger partial charge < -0.3 is 11.5 Å². The lowest BCUT2D eigenvalue weighted by atomic mass is 10.6. The molecule has 0 aromatic carbocycles. The maximum atomic E-state index is 10.7. The number of thioether (sulfide) groups is 1. The summed E-state index contributed by atoms with van der Waals surface area (Å²) in [4.78, 5) is 3.48. The lowest BCUT2D eigenvalue weighted by Crippen LogP contribution is -2.23. The minimum absolute atomic E-state index is 0.00139. The Morgan fingerprint density at radius 3 is 2.50 bits per heavy atom. The highest BCUT2D eigenvalue weighted by Crippen LogP contribution is 2.06. The maximum absolute atomic E-state index is 10.7. The van der Waals surface area contributed by atoms with E-state index in [1.807, 2.05) is 0 Å². The molecule has 14 heavy (non-hydrogen) atoms. The highest BCUT2D eigenvalue weighted by Gasteiger charge is 2.02. The molecule has 0 radical (unpaired) electrons. The predicted molar refractivity (Wildman–Crippen MR) is 60.3 cm³/mol. The lowest BCUT2D eigenvalue weighted by Gasteiger charge is -1.98. The van der Waals surface area contributed by atoms with Crippen molar-refractivity contribution in [1.29, 1.82) is 5.41 Å². The highest BCUT2D eigenvalue weighted by molar-refractivity contribution is 8.13. The van der Waals surface area contributed by atoms with Gasteiger partial charge in [-0.25, -0.2) is 8.42 Å². The van der Waals surface area contributed by atoms with Crippen LogP contribution in [0.1, 0.15) is 6.42 Å². The Bertz CT molecular complexity index is 319. The van der Waals surface area contributed by atoms with Gasteiger partial charge >= 0.3 is 0 Å². The molecule has 0 atom stereocenters. The topological polar surface area (TPSA) is 122 Å². The van der Waals surface area contributed by atoms with Crippen LogP contribution in [0.5, 0.6) is 0 Å². The first-order chi connectivity index (χ1) is 6.31. The number of hydrogen-bond donors (Lipinski definition) is 3. The van der Waals surface area contributed by atoms with Gasteiger partial charge in [0, 0.05) is 12.0 Å². The molecule has 0 saturated heterocycles. The van der Waals surface area contributed by atoms with Crippen LogP contribution in [-0.4, -0.2) is 37.3 Å². The van der Waals surface area contributed by atoms with Crippen LogP contribution in [0.2, 0.25) is 0 Å². The van der Waals surface area contributed by atoms with Crippen LogP contribution in [0.15, 0.2) is 4.99 Å². The molecule has 0 heterocycles. The zero-order valence-corrected chi connectivity index (χ0v) is 9.49. The van der Waals surface area contributed by atoms with Crippen molar-refractivity contribution in [2.75, 3.05) is 17.8 Å². The summed E-state index contributed by atoms with van der Waals surface area (Å²) in [6, 6.07) is 0. The van der Waals surface area contributed by atoms with Crippen molar-refractivity contribution in [3.8, 4) is 0 Å². The van der Waals surface area contributed by atoms with Crippen molar-refractivity contribution in [3.63, 3.8) is 0 Å². The van der Waals surface area contributed by atoms with Crippen molar-refractivity contribution in [1.82, 2.24) is 0 Å².